The van der Waals surface area contributed by atoms with E-state index in [0.29, 0.717) is 6.04 Å². The number of aliphatic imine (C=N–C) groups is 1. The normalized spacial score (nSPS) is 16.3. The van der Waals surface area contributed by atoms with E-state index in [1.54, 1.807) is 0 Å². The van der Waals surface area contributed by atoms with Gasteiger partial charge < -0.3 is 15.4 Å². The van der Waals surface area contributed by atoms with Gasteiger partial charge >= 0.3 is 0 Å². The van der Waals surface area contributed by atoms with Gasteiger partial charge in [0.25, 0.3) is 0 Å². The van der Waals surface area contributed by atoms with Gasteiger partial charge in [0.15, 0.2) is 5.96 Å². The Morgan fingerprint density at radius 2 is 1.96 bits per heavy atom. The fraction of sp³-hybridized carbons (Fsp3) is 0.632. The lowest BCUT2D eigenvalue weighted by Crippen LogP contribution is -2.48. The van der Waals surface area contributed by atoms with Crippen molar-refractivity contribution in [1.29, 1.82) is 0 Å². The minimum Gasteiger partial charge on any atom is -0.382 e. The molecule has 0 radical (unpaired) electrons. The summed E-state index contributed by atoms with van der Waals surface area (Å²) in [5, 5.41) is 6.92. The lowest BCUT2D eigenvalue weighted by Gasteiger charge is -2.33. The first-order valence-electron chi connectivity index (χ1n) is 9.13. The van der Waals surface area contributed by atoms with Gasteiger partial charge in [0, 0.05) is 52.5 Å². The van der Waals surface area contributed by atoms with E-state index in [4.69, 9.17) is 4.74 Å². The second-order valence-corrected chi connectivity index (χ2v) is 6.23. The maximum Gasteiger partial charge on any atom is 0.191 e. The van der Waals surface area contributed by atoms with Crippen LogP contribution in [0.2, 0.25) is 0 Å². The number of benzene rings is 1. The predicted molar refractivity (Wildman–Crippen MR) is 116 cm³/mol. The van der Waals surface area contributed by atoms with E-state index < -0.39 is 0 Å². The number of halogens is 1. The van der Waals surface area contributed by atoms with Crippen LogP contribution >= 0.6 is 24.0 Å². The molecule has 0 bridgehead atoms. The SMILES string of the molecule is CCOCCCNC(=NC)NC1CCN(Cc2ccccc2)CC1.I. The van der Waals surface area contributed by atoms with Gasteiger partial charge in [-0.3, -0.25) is 9.89 Å². The van der Waals surface area contributed by atoms with Crippen LogP contribution in [0.25, 0.3) is 0 Å². The van der Waals surface area contributed by atoms with Crippen molar-refractivity contribution >= 4 is 29.9 Å². The molecule has 1 heterocycles. The number of nitrogens with one attached hydrogen (secondary N) is 2. The van der Waals surface area contributed by atoms with E-state index in [0.717, 1.165) is 64.6 Å². The zero-order valence-corrected chi connectivity index (χ0v) is 17.9. The molecule has 0 spiro atoms. The van der Waals surface area contributed by atoms with Gasteiger partial charge in [-0.15, -0.1) is 24.0 Å². The Morgan fingerprint density at radius 1 is 1.24 bits per heavy atom. The third-order valence-electron chi connectivity index (χ3n) is 4.36. The lowest BCUT2D eigenvalue weighted by atomic mass is 10.0. The Labute approximate surface area is 169 Å². The summed E-state index contributed by atoms with van der Waals surface area (Å²) >= 11 is 0. The molecule has 5 nitrogen and oxygen atoms in total. The molecule has 2 rings (SSSR count). The third-order valence-corrected chi connectivity index (χ3v) is 4.36. The molecule has 0 unspecified atom stereocenters. The molecule has 0 saturated carbocycles. The lowest BCUT2D eigenvalue weighted by molar-refractivity contribution is 0.145. The zero-order chi connectivity index (χ0) is 17.0. The van der Waals surface area contributed by atoms with Crippen LogP contribution in [-0.2, 0) is 11.3 Å². The highest BCUT2D eigenvalue weighted by molar-refractivity contribution is 14.0. The zero-order valence-electron chi connectivity index (χ0n) is 15.5. The number of hydrogen-bond donors (Lipinski definition) is 2. The standard InChI is InChI=1S/C19H32N4O.HI/c1-3-24-15-7-12-21-19(20-2)22-18-10-13-23(14-11-18)16-17-8-5-4-6-9-17;/h4-6,8-9,18H,3,7,10-16H2,1-2H3,(H2,20,21,22);1H. The van der Waals surface area contributed by atoms with Crippen LogP contribution < -0.4 is 10.6 Å². The molecule has 0 amide bonds. The molecule has 25 heavy (non-hydrogen) atoms. The summed E-state index contributed by atoms with van der Waals surface area (Å²) in [5.74, 6) is 0.910. The van der Waals surface area contributed by atoms with E-state index in [-0.39, 0.29) is 24.0 Å². The molecule has 0 atom stereocenters. The molecule has 0 aliphatic carbocycles. The fourth-order valence-corrected chi connectivity index (χ4v) is 2.99. The maximum absolute atomic E-state index is 5.35. The molecule has 1 saturated heterocycles. The number of piperidine rings is 1. The molecule has 1 aromatic rings. The topological polar surface area (TPSA) is 48.9 Å². The second-order valence-electron chi connectivity index (χ2n) is 6.23. The predicted octanol–water partition coefficient (Wildman–Crippen LogP) is 2.86. The molecule has 1 fully saturated rings. The summed E-state index contributed by atoms with van der Waals surface area (Å²) in [6, 6.07) is 11.2. The van der Waals surface area contributed by atoms with E-state index in [1.165, 1.54) is 5.56 Å². The Bertz CT molecular complexity index is 476. The largest absolute Gasteiger partial charge is 0.382 e. The smallest absolute Gasteiger partial charge is 0.191 e. The Morgan fingerprint density at radius 3 is 2.60 bits per heavy atom. The van der Waals surface area contributed by atoms with Gasteiger partial charge in [-0.25, -0.2) is 0 Å². The van der Waals surface area contributed by atoms with E-state index in [2.05, 4.69) is 50.9 Å². The van der Waals surface area contributed by atoms with Crippen LogP contribution in [0.5, 0.6) is 0 Å². The van der Waals surface area contributed by atoms with Crippen LogP contribution in [0.15, 0.2) is 35.3 Å². The monoisotopic (exact) mass is 460 g/mol. The average molecular weight is 460 g/mol. The first-order chi connectivity index (χ1) is 11.8. The van der Waals surface area contributed by atoms with Crippen molar-refractivity contribution in [2.45, 2.75) is 38.8 Å². The molecule has 1 aliphatic rings. The average Bonchev–Trinajstić information content (AvgIpc) is 2.63. The van der Waals surface area contributed by atoms with Crippen molar-refractivity contribution in [2.75, 3.05) is 39.9 Å². The highest BCUT2D eigenvalue weighted by atomic mass is 127. The minimum atomic E-state index is 0. The minimum absolute atomic E-state index is 0. The van der Waals surface area contributed by atoms with Crippen LogP contribution in [0, 0.1) is 0 Å². The maximum atomic E-state index is 5.35. The van der Waals surface area contributed by atoms with Crippen LogP contribution in [-0.4, -0.2) is 56.8 Å². The number of guanidine groups is 1. The van der Waals surface area contributed by atoms with Crippen LogP contribution in [0.4, 0.5) is 0 Å². The summed E-state index contributed by atoms with van der Waals surface area (Å²) in [5.41, 5.74) is 1.40. The first kappa shape index (κ1) is 22.2. The summed E-state index contributed by atoms with van der Waals surface area (Å²) in [7, 11) is 1.84. The Hall–Kier alpha value is -0.860. The van der Waals surface area contributed by atoms with Crippen molar-refractivity contribution < 1.29 is 4.74 Å². The fourth-order valence-electron chi connectivity index (χ4n) is 2.99. The molecule has 2 N–H and O–H groups in total. The number of hydrogen-bond acceptors (Lipinski definition) is 3. The number of likely N-dealkylation sites (tertiary alicyclic amines) is 1. The summed E-state index contributed by atoms with van der Waals surface area (Å²) < 4.78 is 5.35. The van der Waals surface area contributed by atoms with E-state index in [9.17, 15) is 0 Å². The van der Waals surface area contributed by atoms with Crippen molar-refractivity contribution in [3.8, 4) is 0 Å². The number of nitrogens with zero attached hydrogens (tertiary/aromatic N) is 2. The number of ether oxygens (including phenoxy) is 1. The first-order valence-corrected chi connectivity index (χ1v) is 9.13. The highest BCUT2D eigenvalue weighted by Gasteiger charge is 2.19. The van der Waals surface area contributed by atoms with Gasteiger partial charge in [0.2, 0.25) is 0 Å². The summed E-state index contributed by atoms with van der Waals surface area (Å²) in [4.78, 5) is 6.86. The van der Waals surface area contributed by atoms with Gasteiger partial charge in [0.1, 0.15) is 0 Å². The third kappa shape index (κ3) is 8.87. The Balaban J connectivity index is 0.00000312. The summed E-state index contributed by atoms with van der Waals surface area (Å²) in [6.45, 7) is 7.83. The van der Waals surface area contributed by atoms with E-state index in [1.807, 2.05) is 14.0 Å². The van der Waals surface area contributed by atoms with Crippen molar-refractivity contribution in [3.05, 3.63) is 35.9 Å². The van der Waals surface area contributed by atoms with Gasteiger partial charge in [-0.2, -0.15) is 0 Å². The molecule has 1 aliphatic heterocycles. The number of rotatable bonds is 8. The Kier molecular flexibility index (Phi) is 11.9. The van der Waals surface area contributed by atoms with Crippen LogP contribution in [0.3, 0.4) is 0 Å². The van der Waals surface area contributed by atoms with Crippen molar-refractivity contribution in [2.24, 2.45) is 4.99 Å². The van der Waals surface area contributed by atoms with E-state index >= 15 is 0 Å². The quantitative estimate of drug-likeness (QED) is 0.271. The highest BCUT2D eigenvalue weighted by Crippen LogP contribution is 2.13. The van der Waals surface area contributed by atoms with Crippen molar-refractivity contribution in [3.63, 3.8) is 0 Å². The molecule has 6 heteroatoms. The van der Waals surface area contributed by atoms with Gasteiger partial charge in [-0.05, 0) is 31.7 Å². The van der Waals surface area contributed by atoms with Gasteiger partial charge in [0.05, 0.1) is 0 Å². The second kappa shape index (κ2) is 13.4. The molecular weight excluding hydrogens is 427 g/mol. The summed E-state index contributed by atoms with van der Waals surface area (Å²) in [6.07, 6.45) is 3.32. The molecule has 1 aromatic carbocycles. The van der Waals surface area contributed by atoms with Gasteiger partial charge in [-0.1, -0.05) is 30.3 Å². The molecular formula is C19H33IN4O. The van der Waals surface area contributed by atoms with Crippen LogP contribution in [0.1, 0.15) is 31.7 Å². The molecule has 0 aromatic heterocycles. The molecule has 142 valence electrons. The van der Waals surface area contributed by atoms with Crippen molar-refractivity contribution in [1.82, 2.24) is 15.5 Å².